The quantitative estimate of drug-likeness (QED) is 0.355. The van der Waals surface area contributed by atoms with E-state index >= 15 is 0 Å². The van der Waals surface area contributed by atoms with Gasteiger partial charge in [0.2, 0.25) is 17.7 Å². The van der Waals surface area contributed by atoms with Gasteiger partial charge in [0.25, 0.3) is 5.91 Å². The van der Waals surface area contributed by atoms with Crippen molar-refractivity contribution in [3.8, 4) is 0 Å². The van der Waals surface area contributed by atoms with Crippen molar-refractivity contribution in [3.63, 3.8) is 0 Å². The van der Waals surface area contributed by atoms with Crippen LogP contribution in [0.25, 0.3) is 0 Å². The summed E-state index contributed by atoms with van der Waals surface area (Å²) in [5, 5.41) is 16.8. The molecule has 2 aromatic rings. The van der Waals surface area contributed by atoms with Crippen LogP contribution < -0.4 is 25.8 Å². The first-order valence-electron chi connectivity index (χ1n) is 17.0. The SMILES string of the molecule is O=C1CCC(NC(=O)Cc2ccc(N3CCN(CC4CCN(c5ccc(C(=O)NC6CCCCC6)nn5)CC4)CC3)cc2)C(=O)N1. The molecule has 0 spiro atoms. The van der Waals surface area contributed by atoms with E-state index in [1.165, 1.54) is 19.3 Å². The minimum absolute atomic E-state index is 0.116. The Labute approximate surface area is 270 Å². The van der Waals surface area contributed by atoms with E-state index in [1.54, 1.807) is 6.07 Å². The minimum Gasteiger partial charge on any atom is -0.369 e. The van der Waals surface area contributed by atoms with Gasteiger partial charge in [-0.2, -0.15) is 0 Å². The van der Waals surface area contributed by atoms with Crippen molar-refractivity contribution in [3.05, 3.63) is 47.7 Å². The molecule has 1 saturated carbocycles. The van der Waals surface area contributed by atoms with Gasteiger partial charge in [0.15, 0.2) is 11.5 Å². The van der Waals surface area contributed by atoms with Crippen LogP contribution >= 0.6 is 0 Å². The van der Waals surface area contributed by atoms with Gasteiger partial charge in [0.05, 0.1) is 6.42 Å². The molecule has 4 fully saturated rings. The third-order valence-electron chi connectivity index (χ3n) is 9.89. The number of nitrogens with one attached hydrogen (secondary N) is 3. The van der Waals surface area contributed by atoms with Crippen LogP contribution in [0.2, 0.25) is 0 Å². The van der Waals surface area contributed by atoms with Crippen molar-refractivity contribution < 1.29 is 19.2 Å². The fourth-order valence-electron chi connectivity index (χ4n) is 7.11. The van der Waals surface area contributed by atoms with Gasteiger partial charge >= 0.3 is 0 Å². The fourth-order valence-corrected chi connectivity index (χ4v) is 7.11. The number of piperazine rings is 1. The zero-order valence-corrected chi connectivity index (χ0v) is 26.6. The number of hydrogen-bond acceptors (Lipinski definition) is 9. The van der Waals surface area contributed by atoms with E-state index in [0.29, 0.717) is 18.0 Å². The number of benzene rings is 1. The van der Waals surface area contributed by atoms with Gasteiger partial charge in [-0.05, 0) is 67.9 Å². The number of aromatic nitrogens is 2. The molecule has 0 radical (unpaired) electrons. The second-order valence-corrected chi connectivity index (χ2v) is 13.2. The van der Waals surface area contributed by atoms with Crippen LogP contribution in [-0.2, 0) is 20.8 Å². The first-order valence-corrected chi connectivity index (χ1v) is 17.0. The lowest BCUT2D eigenvalue weighted by Gasteiger charge is -2.39. The van der Waals surface area contributed by atoms with Crippen LogP contribution in [0.1, 0.15) is 73.8 Å². The molecule has 3 aliphatic heterocycles. The molecule has 3 N–H and O–H groups in total. The number of carbonyl (C=O) groups is 4. The van der Waals surface area contributed by atoms with E-state index in [0.717, 1.165) is 88.6 Å². The lowest BCUT2D eigenvalue weighted by molar-refractivity contribution is -0.137. The Balaban J connectivity index is 0.888. The Hall–Kier alpha value is -4.06. The van der Waals surface area contributed by atoms with E-state index < -0.39 is 11.9 Å². The second kappa shape index (κ2) is 15.0. The molecule has 12 heteroatoms. The molecular weight excluding hydrogens is 584 g/mol. The summed E-state index contributed by atoms with van der Waals surface area (Å²) in [7, 11) is 0. The predicted octanol–water partition coefficient (Wildman–Crippen LogP) is 2.04. The number of anilines is 2. The van der Waals surface area contributed by atoms with Gasteiger partial charge in [-0.15, -0.1) is 10.2 Å². The standard InChI is InChI=1S/C34H46N8O4/c43-31-13-11-28(33(45)37-31)36-32(44)22-24-6-8-27(9-7-24)41-20-18-40(19-21-41)23-25-14-16-42(17-15-25)30-12-10-29(38-39-30)34(46)35-26-4-2-1-3-5-26/h6-10,12,25-26,28H,1-5,11,13-23H2,(H,35,46)(H,36,44)(H,37,43,45). The highest BCUT2D eigenvalue weighted by molar-refractivity contribution is 6.01. The Bertz CT molecular complexity index is 1360. The minimum atomic E-state index is -0.647. The molecule has 46 heavy (non-hydrogen) atoms. The number of hydrogen-bond donors (Lipinski definition) is 3. The highest BCUT2D eigenvalue weighted by Gasteiger charge is 2.28. The maximum Gasteiger partial charge on any atom is 0.272 e. The molecule has 6 rings (SSSR count). The zero-order valence-electron chi connectivity index (χ0n) is 26.6. The molecule has 0 bridgehead atoms. The normalized spacial score (nSPS) is 22.0. The smallest absolute Gasteiger partial charge is 0.272 e. The van der Waals surface area contributed by atoms with Crippen molar-refractivity contribution >= 4 is 35.1 Å². The van der Waals surface area contributed by atoms with Crippen molar-refractivity contribution in [2.24, 2.45) is 5.92 Å². The molecule has 1 aliphatic carbocycles. The van der Waals surface area contributed by atoms with E-state index in [-0.39, 0.29) is 36.6 Å². The molecule has 4 heterocycles. The first-order chi connectivity index (χ1) is 22.4. The largest absolute Gasteiger partial charge is 0.369 e. The van der Waals surface area contributed by atoms with Crippen molar-refractivity contribution in [1.82, 2.24) is 31.0 Å². The third kappa shape index (κ3) is 8.39. The third-order valence-corrected chi connectivity index (χ3v) is 9.89. The predicted molar refractivity (Wildman–Crippen MR) is 174 cm³/mol. The fraction of sp³-hybridized carbons (Fsp3) is 0.588. The molecule has 12 nitrogen and oxygen atoms in total. The van der Waals surface area contributed by atoms with Gasteiger partial charge in [0, 0.05) is 64.0 Å². The highest BCUT2D eigenvalue weighted by Crippen LogP contribution is 2.24. The van der Waals surface area contributed by atoms with E-state index in [1.807, 2.05) is 18.2 Å². The summed E-state index contributed by atoms with van der Waals surface area (Å²) in [6.07, 6.45) is 8.73. The molecule has 1 unspecified atom stereocenters. The molecule has 246 valence electrons. The van der Waals surface area contributed by atoms with Gasteiger partial charge < -0.3 is 20.4 Å². The number of nitrogens with zero attached hydrogens (tertiary/aromatic N) is 5. The van der Waals surface area contributed by atoms with Crippen LogP contribution in [0, 0.1) is 5.92 Å². The van der Waals surface area contributed by atoms with Crippen LogP contribution in [0.15, 0.2) is 36.4 Å². The van der Waals surface area contributed by atoms with Crippen molar-refractivity contribution in [2.75, 3.05) is 55.6 Å². The summed E-state index contributed by atoms with van der Waals surface area (Å²) < 4.78 is 0. The highest BCUT2D eigenvalue weighted by atomic mass is 16.2. The van der Waals surface area contributed by atoms with Gasteiger partial charge in [-0.1, -0.05) is 31.4 Å². The van der Waals surface area contributed by atoms with Gasteiger partial charge in [0.1, 0.15) is 6.04 Å². The Morgan fingerprint density at radius 2 is 1.52 bits per heavy atom. The molecule has 4 aliphatic rings. The summed E-state index contributed by atoms with van der Waals surface area (Å²) in [4.78, 5) is 55.5. The molecule has 4 amide bonds. The number of rotatable bonds is 9. The molecule has 1 aromatic carbocycles. The van der Waals surface area contributed by atoms with Crippen LogP contribution in [0.5, 0.6) is 0 Å². The van der Waals surface area contributed by atoms with E-state index in [9.17, 15) is 19.2 Å². The maximum atomic E-state index is 12.6. The zero-order chi connectivity index (χ0) is 31.9. The molecule has 1 aromatic heterocycles. The van der Waals surface area contributed by atoms with E-state index in [4.69, 9.17) is 0 Å². The van der Waals surface area contributed by atoms with Crippen LogP contribution in [-0.4, -0.2) is 96.6 Å². The Morgan fingerprint density at radius 3 is 2.20 bits per heavy atom. The Kier molecular flexibility index (Phi) is 10.4. The molecule has 1 atom stereocenters. The molecule has 3 saturated heterocycles. The second-order valence-electron chi connectivity index (χ2n) is 13.2. The summed E-state index contributed by atoms with van der Waals surface area (Å²) in [6, 6.07) is 11.4. The maximum absolute atomic E-state index is 12.6. The summed E-state index contributed by atoms with van der Waals surface area (Å²) in [5.41, 5.74) is 2.44. The van der Waals surface area contributed by atoms with Crippen molar-refractivity contribution in [1.29, 1.82) is 0 Å². The lowest BCUT2D eigenvalue weighted by atomic mass is 9.95. The van der Waals surface area contributed by atoms with Crippen LogP contribution in [0.3, 0.4) is 0 Å². The summed E-state index contributed by atoms with van der Waals surface area (Å²) in [6.45, 7) is 6.97. The Morgan fingerprint density at radius 1 is 0.783 bits per heavy atom. The lowest BCUT2D eigenvalue weighted by Crippen LogP contribution is -2.52. The average molecular weight is 631 g/mol. The number of amides is 4. The van der Waals surface area contributed by atoms with Gasteiger partial charge in [-0.3, -0.25) is 29.4 Å². The van der Waals surface area contributed by atoms with Crippen LogP contribution in [0.4, 0.5) is 11.5 Å². The van der Waals surface area contributed by atoms with Gasteiger partial charge in [-0.25, -0.2) is 0 Å². The monoisotopic (exact) mass is 630 g/mol. The number of imide groups is 1. The topological polar surface area (TPSA) is 140 Å². The number of carbonyl (C=O) groups excluding carboxylic acids is 4. The summed E-state index contributed by atoms with van der Waals surface area (Å²) in [5.74, 6) is 0.442. The average Bonchev–Trinajstić information content (AvgIpc) is 3.08. The van der Waals surface area contributed by atoms with Crippen molar-refractivity contribution in [2.45, 2.75) is 76.3 Å². The first kappa shape index (κ1) is 31.9. The van der Waals surface area contributed by atoms with E-state index in [2.05, 4.69) is 53.0 Å². The summed E-state index contributed by atoms with van der Waals surface area (Å²) >= 11 is 0. The number of piperidine rings is 2. The molecular formula is C34H46N8O4.